The van der Waals surface area contributed by atoms with Crippen LogP contribution in [0.1, 0.15) is 28.5 Å². The van der Waals surface area contributed by atoms with Crippen molar-refractivity contribution in [1.29, 1.82) is 0 Å². The first kappa shape index (κ1) is 21.6. The summed E-state index contributed by atoms with van der Waals surface area (Å²) < 4.78 is 16.3. The van der Waals surface area contributed by atoms with Gasteiger partial charge in [-0.3, -0.25) is 14.5 Å². The first-order chi connectivity index (χ1) is 15.5. The van der Waals surface area contributed by atoms with Gasteiger partial charge in [0, 0.05) is 27.8 Å². The van der Waals surface area contributed by atoms with Gasteiger partial charge in [-0.25, -0.2) is 4.98 Å². The quantitative estimate of drug-likeness (QED) is 0.474. The van der Waals surface area contributed by atoms with Gasteiger partial charge in [-0.1, -0.05) is 24.8 Å². The highest BCUT2D eigenvalue weighted by Gasteiger charge is 2.32. The molecule has 7 nitrogen and oxygen atoms in total. The van der Waals surface area contributed by atoms with Gasteiger partial charge in [0.15, 0.2) is 11.5 Å². The van der Waals surface area contributed by atoms with Crippen molar-refractivity contribution in [2.75, 3.05) is 20.3 Å². The maximum absolute atomic E-state index is 12.5. The molecule has 1 aromatic heterocycles. The minimum Gasteiger partial charge on any atom is -0.493 e. The molecular weight excluding hydrogens is 428 g/mol. The van der Waals surface area contributed by atoms with Crippen LogP contribution in [-0.2, 0) is 16.1 Å². The lowest BCUT2D eigenvalue weighted by Gasteiger charge is -2.16. The average Bonchev–Trinajstić information content (AvgIpc) is 3.38. The van der Waals surface area contributed by atoms with Gasteiger partial charge < -0.3 is 14.2 Å². The zero-order valence-electron chi connectivity index (χ0n) is 17.8. The van der Waals surface area contributed by atoms with Gasteiger partial charge in [-0.15, -0.1) is 11.3 Å². The number of nitrogens with zero attached hydrogens (tertiary/aromatic N) is 2. The van der Waals surface area contributed by atoms with E-state index in [1.807, 2.05) is 42.6 Å². The van der Waals surface area contributed by atoms with Crippen molar-refractivity contribution in [3.05, 3.63) is 71.2 Å². The first-order valence-corrected chi connectivity index (χ1v) is 10.9. The van der Waals surface area contributed by atoms with Crippen LogP contribution in [0.5, 0.6) is 11.5 Å². The number of carbonyl (C=O) groups is 2. The normalized spacial score (nSPS) is 12.6. The fourth-order valence-electron chi connectivity index (χ4n) is 3.41. The van der Waals surface area contributed by atoms with Crippen LogP contribution in [0.4, 0.5) is 0 Å². The number of thiazole rings is 1. The molecule has 164 valence electrons. The third-order valence-electron chi connectivity index (χ3n) is 4.97. The molecule has 4 rings (SSSR count). The minimum absolute atomic E-state index is 0.0188. The summed E-state index contributed by atoms with van der Waals surface area (Å²) in [5.74, 6) is 0.529. The van der Waals surface area contributed by atoms with E-state index in [0.29, 0.717) is 35.1 Å². The van der Waals surface area contributed by atoms with E-state index in [-0.39, 0.29) is 19.1 Å². The number of aromatic nitrogens is 1. The number of hydrogen-bond donors (Lipinski definition) is 0. The highest BCUT2D eigenvalue weighted by Crippen LogP contribution is 2.34. The number of benzene rings is 2. The van der Waals surface area contributed by atoms with Crippen LogP contribution < -0.4 is 9.47 Å². The van der Waals surface area contributed by atoms with Crippen LogP contribution in [0.3, 0.4) is 0 Å². The fraction of sp³-hybridized carbons (Fsp3) is 0.208. The Balaban J connectivity index is 1.37. The van der Waals surface area contributed by atoms with Crippen molar-refractivity contribution in [2.24, 2.45) is 0 Å². The Morgan fingerprint density at radius 3 is 2.66 bits per heavy atom. The number of rotatable bonds is 8. The maximum atomic E-state index is 12.5. The topological polar surface area (TPSA) is 78.0 Å². The van der Waals surface area contributed by atoms with Crippen LogP contribution in [0, 0.1) is 0 Å². The van der Waals surface area contributed by atoms with E-state index in [2.05, 4.69) is 11.6 Å². The molecule has 0 aliphatic carbocycles. The summed E-state index contributed by atoms with van der Waals surface area (Å²) >= 11 is 1.44. The molecule has 0 fully saturated rings. The molecule has 3 aromatic rings. The van der Waals surface area contributed by atoms with Crippen LogP contribution in [0.2, 0.25) is 0 Å². The molecule has 0 spiro atoms. The van der Waals surface area contributed by atoms with E-state index in [1.54, 1.807) is 19.2 Å². The average molecular weight is 451 g/mol. The van der Waals surface area contributed by atoms with E-state index >= 15 is 0 Å². The Morgan fingerprint density at radius 2 is 1.94 bits per heavy atom. The SMILES string of the molecule is C=C1c2ccccc2C(=O)N1CC(=O)OCc1csc(-c2ccc(OCC)c(OC)c2)n1. The second-order valence-electron chi connectivity index (χ2n) is 6.99. The predicted octanol–water partition coefficient (Wildman–Crippen LogP) is 4.39. The number of esters is 1. The summed E-state index contributed by atoms with van der Waals surface area (Å²) in [6.07, 6.45) is 0. The van der Waals surface area contributed by atoms with Crippen molar-refractivity contribution in [1.82, 2.24) is 9.88 Å². The van der Waals surface area contributed by atoms with Crippen molar-refractivity contribution in [2.45, 2.75) is 13.5 Å². The molecule has 0 bridgehead atoms. The minimum atomic E-state index is -0.524. The van der Waals surface area contributed by atoms with Gasteiger partial charge in [0.2, 0.25) is 0 Å². The van der Waals surface area contributed by atoms with E-state index in [0.717, 1.165) is 16.1 Å². The Hall–Kier alpha value is -3.65. The largest absolute Gasteiger partial charge is 0.493 e. The zero-order valence-corrected chi connectivity index (χ0v) is 18.6. The van der Waals surface area contributed by atoms with Gasteiger partial charge in [0.25, 0.3) is 5.91 Å². The summed E-state index contributed by atoms with van der Waals surface area (Å²) in [4.78, 5) is 30.8. The van der Waals surface area contributed by atoms with E-state index in [4.69, 9.17) is 14.2 Å². The Bertz CT molecular complexity index is 1150. The summed E-state index contributed by atoms with van der Waals surface area (Å²) in [5.41, 5.74) is 3.29. The second kappa shape index (κ2) is 9.23. The van der Waals surface area contributed by atoms with E-state index in [1.165, 1.54) is 16.2 Å². The van der Waals surface area contributed by atoms with Gasteiger partial charge in [-0.2, -0.15) is 0 Å². The van der Waals surface area contributed by atoms with Crippen LogP contribution in [0.15, 0.2) is 54.4 Å². The first-order valence-electron chi connectivity index (χ1n) is 10.0. The molecule has 1 aliphatic heterocycles. The highest BCUT2D eigenvalue weighted by molar-refractivity contribution is 7.13. The van der Waals surface area contributed by atoms with Crippen LogP contribution in [-0.4, -0.2) is 42.0 Å². The standard InChI is InChI=1S/C24H22N2O5S/c1-4-30-20-10-9-16(11-21(20)29-3)23-25-17(14-32-23)13-31-22(27)12-26-15(2)18-7-5-6-8-19(18)24(26)28/h5-11,14H,2,4,12-13H2,1,3H3. The number of methoxy groups -OCH3 is 1. The molecule has 1 amide bonds. The number of fused-ring (bicyclic) bond motifs is 1. The van der Waals surface area contributed by atoms with Crippen molar-refractivity contribution in [3.63, 3.8) is 0 Å². The van der Waals surface area contributed by atoms with Gasteiger partial charge >= 0.3 is 5.97 Å². The maximum Gasteiger partial charge on any atom is 0.326 e. The smallest absolute Gasteiger partial charge is 0.326 e. The summed E-state index contributed by atoms with van der Waals surface area (Å²) in [5, 5.41) is 2.61. The number of amides is 1. The third-order valence-corrected chi connectivity index (χ3v) is 5.91. The summed E-state index contributed by atoms with van der Waals surface area (Å²) in [7, 11) is 1.59. The molecule has 2 heterocycles. The summed E-state index contributed by atoms with van der Waals surface area (Å²) in [6, 6.07) is 12.8. The third kappa shape index (κ3) is 4.22. The molecule has 2 aromatic carbocycles. The second-order valence-corrected chi connectivity index (χ2v) is 7.85. The highest BCUT2D eigenvalue weighted by atomic mass is 32.1. The molecule has 0 atom stereocenters. The van der Waals surface area contributed by atoms with E-state index in [9.17, 15) is 9.59 Å². The molecule has 0 unspecified atom stereocenters. The lowest BCUT2D eigenvalue weighted by atomic mass is 10.1. The zero-order chi connectivity index (χ0) is 22.7. The van der Waals surface area contributed by atoms with Crippen molar-refractivity contribution >= 4 is 28.9 Å². The Labute approximate surface area is 189 Å². The lowest BCUT2D eigenvalue weighted by molar-refractivity contribution is -0.145. The molecule has 0 N–H and O–H groups in total. The molecule has 0 saturated carbocycles. The molecule has 8 heteroatoms. The number of carbonyl (C=O) groups excluding carboxylic acids is 2. The predicted molar refractivity (Wildman–Crippen MR) is 122 cm³/mol. The summed E-state index contributed by atoms with van der Waals surface area (Å²) in [6.45, 7) is 6.22. The molecule has 32 heavy (non-hydrogen) atoms. The van der Waals surface area contributed by atoms with E-state index < -0.39 is 5.97 Å². The lowest BCUT2D eigenvalue weighted by Crippen LogP contribution is -2.30. The van der Waals surface area contributed by atoms with Gasteiger partial charge in [0.1, 0.15) is 18.2 Å². The Morgan fingerprint density at radius 1 is 1.16 bits per heavy atom. The fourth-order valence-corrected chi connectivity index (χ4v) is 4.21. The monoisotopic (exact) mass is 450 g/mol. The van der Waals surface area contributed by atoms with Crippen LogP contribution in [0.25, 0.3) is 16.3 Å². The number of hydrogen-bond acceptors (Lipinski definition) is 7. The van der Waals surface area contributed by atoms with Gasteiger partial charge in [0.05, 0.1) is 19.4 Å². The van der Waals surface area contributed by atoms with Crippen molar-refractivity contribution in [3.8, 4) is 22.1 Å². The van der Waals surface area contributed by atoms with Gasteiger partial charge in [-0.05, 0) is 31.2 Å². The molecular formula is C24H22N2O5S. The van der Waals surface area contributed by atoms with Crippen molar-refractivity contribution < 1.29 is 23.8 Å². The van der Waals surface area contributed by atoms with Crippen LogP contribution >= 0.6 is 11.3 Å². The molecule has 1 aliphatic rings. The molecule has 0 saturated heterocycles. The number of ether oxygens (including phenoxy) is 3. The Kier molecular flexibility index (Phi) is 6.23. The molecule has 0 radical (unpaired) electrons.